The molecule has 82 valence electrons. The molecule has 0 spiro atoms. The minimum Gasteiger partial charge on any atom is -0.348 e. The van der Waals surface area contributed by atoms with Crippen molar-refractivity contribution in [3.05, 3.63) is 42.0 Å². The Morgan fingerprint density at radius 2 is 2.38 bits per heavy atom. The summed E-state index contributed by atoms with van der Waals surface area (Å²) in [5, 5.41) is 5.48. The largest absolute Gasteiger partial charge is 0.348 e. The van der Waals surface area contributed by atoms with Crippen LogP contribution in [0.25, 0.3) is 0 Å². The minimum absolute atomic E-state index is 0.00232. The van der Waals surface area contributed by atoms with Gasteiger partial charge in [-0.05, 0) is 17.2 Å². The molecule has 4 heteroatoms. The zero-order valence-electron chi connectivity index (χ0n) is 8.75. The van der Waals surface area contributed by atoms with E-state index in [9.17, 15) is 9.59 Å². The van der Waals surface area contributed by atoms with Crippen molar-refractivity contribution in [3.8, 4) is 0 Å². The lowest BCUT2D eigenvalue weighted by molar-refractivity contribution is -0.116. The molecule has 1 aromatic rings. The van der Waals surface area contributed by atoms with Gasteiger partial charge in [-0.1, -0.05) is 24.8 Å². The van der Waals surface area contributed by atoms with Gasteiger partial charge < -0.3 is 10.6 Å². The first-order valence-corrected chi connectivity index (χ1v) is 5.01. The molecule has 1 aromatic carbocycles. The summed E-state index contributed by atoms with van der Waals surface area (Å²) in [5.74, 6) is -0.223. The van der Waals surface area contributed by atoms with Gasteiger partial charge in [-0.25, -0.2) is 0 Å². The lowest BCUT2D eigenvalue weighted by Crippen LogP contribution is -2.20. The van der Waals surface area contributed by atoms with Gasteiger partial charge in [0.25, 0.3) is 0 Å². The van der Waals surface area contributed by atoms with Gasteiger partial charge in [-0.15, -0.1) is 0 Å². The van der Waals surface area contributed by atoms with Crippen molar-refractivity contribution < 1.29 is 9.59 Å². The maximum atomic E-state index is 11.2. The Hall–Kier alpha value is -2.10. The van der Waals surface area contributed by atoms with Crippen LogP contribution in [0.4, 0.5) is 5.69 Å². The molecule has 16 heavy (non-hydrogen) atoms. The van der Waals surface area contributed by atoms with Crippen LogP contribution in [0.2, 0.25) is 0 Å². The van der Waals surface area contributed by atoms with E-state index in [0.717, 1.165) is 16.8 Å². The molecule has 2 rings (SSSR count). The summed E-state index contributed by atoms with van der Waals surface area (Å²) in [6, 6.07) is 5.67. The first-order chi connectivity index (χ1) is 7.70. The molecule has 0 radical (unpaired) electrons. The Morgan fingerprint density at radius 3 is 3.12 bits per heavy atom. The normalized spacial score (nSPS) is 12.9. The minimum atomic E-state index is -0.220. The highest BCUT2D eigenvalue weighted by atomic mass is 16.2. The summed E-state index contributed by atoms with van der Waals surface area (Å²) >= 11 is 0. The summed E-state index contributed by atoms with van der Waals surface area (Å²) in [4.78, 5) is 22.3. The number of fused-ring (bicyclic) bond motifs is 1. The average molecular weight is 216 g/mol. The highest BCUT2D eigenvalue weighted by molar-refractivity contribution is 6.00. The molecule has 0 atom stereocenters. The van der Waals surface area contributed by atoms with E-state index >= 15 is 0 Å². The van der Waals surface area contributed by atoms with Crippen molar-refractivity contribution >= 4 is 17.5 Å². The Kier molecular flexibility index (Phi) is 2.72. The van der Waals surface area contributed by atoms with E-state index in [2.05, 4.69) is 17.2 Å². The standard InChI is InChI=1S/C12H12N2O2/c1-2-10(15)13-7-9-5-3-4-8-6-11(16)14-12(8)9/h2-5H,1,6-7H2,(H,13,15)(H,14,16). The number of rotatable bonds is 3. The Balaban J connectivity index is 2.17. The van der Waals surface area contributed by atoms with E-state index in [1.807, 2.05) is 18.2 Å². The number of hydrogen-bond acceptors (Lipinski definition) is 2. The zero-order valence-corrected chi connectivity index (χ0v) is 8.75. The number of nitrogens with one attached hydrogen (secondary N) is 2. The lowest BCUT2D eigenvalue weighted by Gasteiger charge is -2.08. The molecule has 0 aliphatic carbocycles. The molecule has 0 aromatic heterocycles. The molecule has 1 aliphatic rings. The van der Waals surface area contributed by atoms with Gasteiger partial charge in [0.05, 0.1) is 6.42 Å². The van der Waals surface area contributed by atoms with E-state index < -0.39 is 0 Å². The van der Waals surface area contributed by atoms with E-state index in [4.69, 9.17) is 0 Å². The van der Waals surface area contributed by atoms with E-state index in [0.29, 0.717) is 13.0 Å². The van der Waals surface area contributed by atoms with Crippen LogP contribution in [0.15, 0.2) is 30.9 Å². The van der Waals surface area contributed by atoms with E-state index in [1.54, 1.807) is 0 Å². The Bertz CT molecular complexity index is 466. The highest BCUT2D eigenvalue weighted by Crippen LogP contribution is 2.26. The molecule has 0 saturated heterocycles. The fourth-order valence-corrected chi connectivity index (χ4v) is 1.72. The number of carbonyl (C=O) groups is 2. The van der Waals surface area contributed by atoms with Crippen molar-refractivity contribution in [1.82, 2.24) is 5.32 Å². The molecule has 2 amide bonds. The zero-order chi connectivity index (χ0) is 11.5. The molecule has 0 bridgehead atoms. The third-order valence-electron chi connectivity index (χ3n) is 2.49. The molecule has 4 nitrogen and oxygen atoms in total. The predicted octanol–water partition coefficient (Wildman–Crippen LogP) is 0.983. The van der Waals surface area contributed by atoms with Gasteiger partial charge in [-0.3, -0.25) is 9.59 Å². The van der Waals surface area contributed by atoms with Gasteiger partial charge in [0, 0.05) is 12.2 Å². The number of hydrogen-bond donors (Lipinski definition) is 2. The van der Waals surface area contributed by atoms with Crippen molar-refractivity contribution in [3.63, 3.8) is 0 Å². The topological polar surface area (TPSA) is 58.2 Å². The SMILES string of the molecule is C=CC(=O)NCc1cccc2c1NC(=O)C2. The van der Waals surface area contributed by atoms with Crippen LogP contribution < -0.4 is 10.6 Å². The molecular formula is C12H12N2O2. The van der Waals surface area contributed by atoms with Gasteiger partial charge in [-0.2, -0.15) is 0 Å². The maximum absolute atomic E-state index is 11.2. The second-order valence-electron chi connectivity index (χ2n) is 3.60. The molecule has 2 N–H and O–H groups in total. The maximum Gasteiger partial charge on any atom is 0.243 e. The first kappa shape index (κ1) is 10.4. The van der Waals surface area contributed by atoms with Gasteiger partial charge in [0.1, 0.15) is 0 Å². The van der Waals surface area contributed by atoms with Crippen molar-refractivity contribution in [1.29, 1.82) is 0 Å². The number of benzene rings is 1. The molecule has 0 saturated carbocycles. The van der Waals surface area contributed by atoms with Gasteiger partial charge >= 0.3 is 0 Å². The molecular weight excluding hydrogens is 204 g/mol. The van der Waals surface area contributed by atoms with Gasteiger partial charge in [0.2, 0.25) is 11.8 Å². The fraction of sp³-hybridized carbons (Fsp3) is 0.167. The first-order valence-electron chi connectivity index (χ1n) is 5.01. The molecule has 1 aliphatic heterocycles. The lowest BCUT2D eigenvalue weighted by atomic mass is 10.1. The second-order valence-corrected chi connectivity index (χ2v) is 3.60. The quantitative estimate of drug-likeness (QED) is 0.740. The van der Waals surface area contributed by atoms with E-state index in [-0.39, 0.29) is 11.8 Å². The number of para-hydroxylation sites is 1. The summed E-state index contributed by atoms with van der Waals surface area (Å²) in [7, 11) is 0. The summed E-state index contributed by atoms with van der Waals surface area (Å²) < 4.78 is 0. The van der Waals surface area contributed by atoms with Crippen LogP contribution in [0.1, 0.15) is 11.1 Å². The Labute approximate surface area is 93.3 Å². The number of carbonyl (C=O) groups excluding carboxylic acids is 2. The predicted molar refractivity (Wildman–Crippen MR) is 60.8 cm³/mol. The third-order valence-corrected chi connectivity index (χ3v) is 2.49. The second kappa shape index (κ2) is 4.18. The molecule has 1 heterocycles. The van der Waals surface area contributed by atoms with E-state index in [1.165, 1.54) is 6.08 Å². The number of anilines is 1. The monoisotopic (exact) mass is 216 g/mol. The van der Waals surface area contributed by atoms with Crippen molar-refractivity contribution in [2.75, 3.05) is 5.32 Å². The molecule has 0 fully saturated rings. The summed E-state index contributed by atoms with van der Waals surface area (Å²) in [6.07, 6.45) is 1.64. The van der Waals surface area contributed by atoms with Crippen LogP contribution in [0.3, 0.4) is 0 Å². The van der Waals surface area contributed by atoms with Crippen molar-refractivity contribution in [2.24, 2.45) is 0 Å². The highest BCUT2D eigenvalue weighted by Gasteiger charge is 2.19. The average Bonchev–Trinajstić information content (AvgIpc) is 2.66. The van der Waals surface area contributed by atoms with Crippen LogP contribution in [0.5, 0.6) is 0 Å². The summed E-state index contributed by atoms with van der Waals surface area (Å²) in [5.41, 5.74) is 2.73. The van der Waals surface area contributed by atoms with Crippen molar-refractivity contribution in [2.45, 2.75) is 13.0 Å². The Morgan fingerprint density at radius 1 is 1.56 bits per heavy atom. The third kappa shape index (κ3) is 1.95. The van der Waals surface area contributed by atoms with Gasteiger partial charge in [0.15, 0.2) is 0 Å². The van der Waals surface area contributed by atoms with Crippen LogP contribution in [0, 0.1) is 0 Å². The summed E-state index contributed by atoms with van der Waals surface area (Å²) in [6.45, 7) is 3.77. The van der Waals surface area contributed by atoms with Crippen LogP contribution in [-0.2, 0) is 22.6 Å². The molecule has 0 unspecified atom stereocenters. The van der Waals surface area contributed by atoms with Crippen LogP contribution >= 0.6 is 0 Å². The fourth-order valence-electron chi connectivity index (χ4n) is 1.72. The van der Waals surface area contributed by atoms with Crippen LogP contribution in [-0.4, -0.2) is 11.8 Å². The smallest absolute Gasteiger partial charge is 0.243 e. The number of amides is 2.